The molecule has 1 N–H and O–H groups in total. The van der Waals surface area contributed by atoms with Crippen molar-refractivity contribution in [3.8, 4) is 11.5 Å². The Bertz CT molecular complexity index is 688. The number of carbonyl (C=O) groups excluding carboxylic acids is 1. The predicted molar refractivity (Wildman–Crippen MR) is 85.6 cm³/mol. The van der Waals surface area contributed by atoms with E-state index in [0.717, 1.165) is 0 Å². The quantitative estimate of drug-likeness (QED) is 0.737. The summed E-state index contributed by atoms with van der Waals surface area (Å²) in [6.45, 7) is -0.552. The number of hydrogen-bond donors (Lipinski definition) is 1. The highest BCUT2D eigenvalue weighted by Crippen LogP contribution is 2.36. The third kappa shape index (κ3) is 4.23. The molecule has 9 heteroatoms. The molecule has 1 atom stereocenters. The SMILES string of the molecule is CCOC(=O)COc1cc(C2=CC3(CCOC3)ON2)ccc1OC(F)F. The molecule has 0 saturated carbocycles. The highest BCUT2D eigenvalue weighted by Gasteiger charge is 2.39. The van der Waals surface area contributed by atoms with Gasteiger partial charge >= 0.3 is 12.6 Å². The first kappa shape index (κ1) is 18.4. The van der Waals surface area contributed by atoms with Crippen molar-refractivity contribution in [1.82, 2.24) is 5.48 Å². The molecule has 1 aromatic carbocycles. The number of alkyl halides is 2. The van der Waals surface area contributed by atoms with Gasteiger partial charge in [0.05, 0.1) is 18.9 Å². The molecule has 1 saturated heterocycles. The van der Waals surface area contributed by atoms with Gasteiger partial charge in [0.25, 0.3) is 0 Å². The van der Waals surface area contributed by atoms with Gasteiger partial charge < -0.3 is 18.9 Å². The number of halogens is 2. The van der Waals surface area contributed by atoms with Crippen LogP contribution in [0.4, 0.5) is 8.78 Å². The van der Waals surface area contributed by atoms with Crippen LogP contribution in [-0.4, -0.2) is 44.6 Å². The van der Waals surface area contributed by atoms with Gasteiger partial charge in [0.15, 0.2) is 18.1 Å². The van der Waals surface area contributed by atoms with Crippen LogP contribution in [0.5, 0.6) is 11.5 Å². The molecule has 7 nitrogen and oxygen atoms in total. The molecular weight excluding hydrogens is 352 g/mol. The molecule has 0 bridgehead atoms. The summed E-state index contributed by atoms with van der Waals surface area (Å²) in [5, 5.41) is 0. The minimum absolute atomic E-state index is 0.00201. The van der Waals surface area contributed by atoms with Gasteiger partial charge in [-0.2, -0.15) is 8.78 Å². The number of benzene rings is 1. The smallest absolute Gasteiger partial charge is 0.387 e. The lowest BCUT2D eigenvalue weighted by molar-refractivity contribution is -0.145. The Hall–Kier alpha value is -2.39. The van der Waals surface area contributed by atoms with Crippen LogP contribution in [0.25, 0.3) is 5.70 Å². The number of rotatable bonds is 7. The third-order valence-electron chi connectivity index (χ3n) is 3.91. The Morgan fingerprint density at radius 1 is 1.38 bits per heavy atom. The van der Waals surface area contributed by atoms with Crippen LogP contribution < -0.4 is 15.0 Å². The minimum atomic E-state index is -3.02. The van der Waals surface area contributed by atoms with Gasteiger partial charge in [-0.05, 0) is 31.2 Å². The van der Waals surface area contributed by atoms with Crippen LogP contribution >= 0.6 is 0 Å². The van der Waals surface area contributed by atoms with Crippen LogP contribution in [0, 0.1) is 0 Å². The lowest BCUT2D eigenvalue weighted by atomic mass is 10.0. The molecule has 0 amide bonds. The van der Waals surface area contributed by atoms with Crippen LogP contribution in [0.3, 0.4) is 0 Å². The van der Waals surface area contributed by atoms with E-state index in [2.05, 4.69) is 10.2 Å². The summed E-state index contributed by atoms with van der Waals surface area (Å²) >= 11 is 0. The zero-order valence-corrected chi connectivity index (χ0v) is 14.1. The van der Waals surface area contributed by atoms with Crippen molar-refractivity contribution in [2.45, 2.75) is 25.6 Å². The molecule has 26 heavy (non-hydrogen) atoms. The summed E-state index contributed by atoms with van der Waals surface area (Å²) < 4.78 is 45.1. The van der Waals surface area contributed by atoms with E-state index in [9.17, 15) is 13.6 Å². The molecule has 0 aromatic heterocycles. The lowest BCUT2D eigenvalue weighted by Crippen LogP contribution is -2.29. The van der Waals surface area contributed by atoms with E-state index < -0.39 is 24.8 Å². The van der Waals surface area contributed by atoms with Crippen molar-refractivity contribution in [2.24, 2.45) is 0 Å². The van der Waals surface area contributed by atoms with Gasteiger partial charge in [0.2, 0.25) is 0 Å². The molecular formula is C17H19F2NO6. The highest BCUT2D eigenvalue weighted by molar-refractivity contribution is 5.72. The van der Waals surface area contributed by atoms with Crippen LogP contribution in [0.15, 0.2) is 24.3 Å². The first-order valence-corrected chi connectivity index (χ1v) is 8.13. The van der Waals surface area contributed by atoms with E-state index in [1.165, 1.54) is 12.1 Å². The van der Waals surface area contributed by atoms with E-state index in [4.69, 9.17) is 19.0 Å². The van der Waals surface area contributed by atoms with E-state index >= 15 is 0 Å². The molecule has 1 aromatic rings. The summed E-state index contributed by atoms with van der Waals surface area (Å²) in [6.07, 6.45) is 2.60. The van der Waals surface area contributed by atoms with Crippen LogP contribution in [0.1, 0.15) is 18.9 Å². The van der Waals surface area contributed by atoms with Gasteiger partial charge in [-0.15, -0.1) is 0 Å². The van der Waals surface area contributed by atoms with Crippen molar-refractivity contribution in [3.63, 3.8) is 0 Å². The average molecular weight is 371 g/mol. The topological polar surface area (TPSA) is 75.3 Å². The number of hydroxylamine groups is 1. The van der Waals surface area contributed by atoms with Gasteiger partial charge in [-0.1, -0.05) is 0 Å². The van der Waals surface area contributed by atoms with Crippen LogP contribution in [-0.2, 0) is 19.1 Å². The molecule has 2 heterocycles. The third-order valence-corrected chi connectivity index (χ3v) is 3.91. The van der Waals surface area contributed by atoms with Crippen molar-refractivity contribution < 1.29 is 37.4 Å². The second kappa shape index (κ2) is 7.88. The maximum Gasteiger partial charge on any atom is 0.387 e. The maximum atomic E-state index is 12.6. The normalized spacial score (nSPS) is 21.6. The van der Waals surface area contributed by atoms with E-state index in [1.807, 2.05) is 6.08 Å². The molecule has 2 aliphatic rings. The van der Waals surface area contributed by atoms with Gasteiger partial charge in [0, 0.05) is 18.6 Å². The fourth-order valence-corrected chi connectivity index (χ4v) is 2.70. The molecule has 1 spiro atoms. The Balaban J connectivity index is 1.81. The maximum absolute atomic E-state index is 12.6. The Kier molecular flexibility index (Phi) is 5.58. The first-order valence-electron chi connectivity index (χ1n) is 8.13. The summed E-state index contributed by atoms with van der Waals surface area (Å²) in [6, 6.07) is 4.43. The second-order valence-electron chi connectivity index (χ2n) is 5.76. The number of nitrogens with one attached hydrogen (secondary N) is 1. The fourth-order valence-electron chi connectivity index (χ4n) is 2.70. The summed E-state index contributed by atoms with van der Waals surface area (Å²) in [4.78, 5) is 17.1. The Morgan fingerprint density at radius 3 is 2.92 bits per heavy atom. The standard InChI is InChI=1S/C17H19F2NO6/c1-2-23-15(21)9-24-14-7-11(3-4-13(14)25-16(18)19)12-8-17(26-20-12)5-6-22-10-17/h3-4,7-8,16,20H,2,5-6,9-10H2,1H3. The minimum Gasteiger partial charge on any atom is -0.478 e. The van der Waals surface area contributed by atoms with E-state index in [1.54, 1.807) is 13.0 Å². The average Bonchev–Trinajstić information content (AvgIpc) is 3.24. The van der Waals surface area contributed by atoms with E-state index in [0.29, 0.717) is 30.9 Å². The highest BCUT2D eigenvalue weighted by atomic mass is 19.3. The molecule has 1 unspecified atom stereocenters. The number of carbonyl (C=O) groups is 1. The lowest BCUT2D eigenvalue weighted by Gasteiger charge is -2.15. The molecule has 1 fully saturated rings. The number of hydrogen-bond acceptors (Lipinski definition) is 7. The largest absolute Gasteiger partial charge is 0.478 e. The fraction of sp³-hybridized carbons (Fsp3) is 0.471. The van der Waals surface area contributed by atoms with Crippen molar-refractivity contribution in [3.05, 3.63) is 29.8 Å². The Labute approximate surface area is 148 Å². The summed E-state index contributed by atoms with van der Waals surface area (Å²) in [5.74, 6) is -0.779. The van der Waals surface area contributed by atoms with E-state index in [-0.39, 0.29) is 18.1 Å². The van der Waals surface area contributed by atoms with Crippen LogP contribution in [0.2, 0.25) is 0 Å². The molecule has 142 valence electrons. The molecule has 0 radical (unpaired) electrons. The van der Waals surface area contributed by atoms with Crippen molar-refractivity contribution in [1.29, 1.82) is 0 Å². The summed E-state index contributed by atoms with van der Waals surface area (Å²) in [5.41, 5.74) is 3.58. The van der Waals surface area contributed by atoms with Gasteiger partial charge in [-0.25, -0.2) is 4.79 Å². The molecule has 2 aliphatic heterocycles. The molecule has 0 aliphatic carbocycles. The number of ether oxygens (including phenoxy) is 4. The van der Waals surface area contributed by atoms with Crippen molar-refractivity contribution >= 4 is 11.7 Å². The van der Waals surface area contributed by atoms with Gasteiger partial charge in [0.1, 0.15) is 5.60 Å². The monoisotopic (exact) mass is 371 g/mol. The zero-order chi connectivity index (χ0) is 18.6. The molecule has 3 rings (SSSR count). The second-order valence-corrected chi connectivity index (χ2v) is 5.76. The Morgan fingerprint density at radius 2 is 2.23 bits per heavy atom. The zero-order valence-electron chi connectivity index (χ0n) is 14.1. The first-order chi connectivity index (χ1) is 12.5. The van der Waals surface area contributed by atoms with Crippen molar-refractivity contribution in [2.75, 3.05) is 26.4 Å². The summed E-state index contributed by atoms with van der Waals surface area (Å²) in [7, 11) is 0. The predicted octanol–water partition coefficient (Wildman–Crippen LogP) is 2.26. The number of esters is 1. The van der Waals surface area contributed by atoms with Gasteiger partial charge in [-0.3, -0.25) is 10.3 Å².